The predicted octanol–water partition coefficient (Wildman–Crippen LogP) is 3.23. The molecule has 2 aromatic rings. The number of hydrogen-bond donors (Lipinski definition) is 2. The molecule has 0 aliphatic carbocycles. The lowest BCUT2D eigenvalue weighted by Gasteiger charge is -2.21. The molecule has 0 fully saturated rings. The zero-order valence-corrected chi connectivity index (χ0v) is 12.9. The van der Waals surface area contributed by atoms with E-state index in [-0.39, 0.29) is 12.1 Å². The minimum absolute atomic E-state index is 0.168. The Labute approximate surface area is 124 Å². The molecule has 1 aromatic carbocycles. The smallest absolute Gasteiger partial charge is 0.0893 e. The maximum atomic E-state index is 6.29. The van der Waals surface area contributed by atoms with E-state index >= 15 is 0 Å². The van der Waals surface area contributed by atoms with Crippen LogP contribution in [-0.2, 0) is 6.42 Å². The zero-order chi connectivity index (χ0) is 14.7. The normalized spacial score (nSPS) is 12.9. The van der Waals surface area contributed by atoms with E-state index in [0.717, 1.165) is 17.7 Å². The molecule has 20 heavy (non-hydrogen) atoms. The van der Waals surface area contributed by atoms with Gasteiger partial charge in [-0.1, -0.05) is 42.8 Å². The first-order valence-electron chi connectivity index (χ1n) is 6.86. The number of hydrazine groups is 1. The lowest BCUT2D eigenvalue weighted by atomic mass is 10.0. The van der Waals surface area contributed by atoms with Crippen LogP contribution in [-0.4, -0.2) is 9.78 Å². The van der Waals surface area contributed by atoms with Crippen molar-refractivity contribution in [3.05, 3.63) is 52.3 Å². The minimum atomic E-state index is -0.168. The number of rotatable bonds is 5. The van der Waals surface area contributed by atoms with Gasteiger partial charge >= 0.3 is 0 Å². The van der Waals surface area contributed by atoms with Crippen molar-refractivity contribution in [3.8, 4) is 0 Å². The van der Waals surface area contributed by atoms with E-state index in [2.05, 4.69) is 55.6 Å². The van der Waals surface area contributed by atoms with Crippen LogP contribution in [0.25, 0.3) is 0 Å². The highest BCUT2D eigenvalue weighted by molar-refractivity contribution is 6.31. The van der Waals surface area contributed by atoms with E-state index in [1.807, 2.05) is 4.68 Å². The van der Waals surface area contributed by atoms with Crippen LogP contribution in [0.2, 0.25) is 5.02 Å². The molecule has 1 unspecified atom stereocenters. The molecule has 0 spiro atoms. The topological polar surface area (TPSA) is 55.9 Å². The van der Waals surface area contributed by atoms with Crippen molar-refractivity contribution in [1.29, 1.82) is 0 Å². The van der Waals surface area contributed by atoms with Crippen molar-refractivity contribution < 1.29 is 0 Å². The summed E-state index contributed by atoms with van der Waals surface area (Å²) in [5.41, 5.74) is 6.12. The Morgan fingerprint density at radius 3 is 2.45 bits per heavy atom. The number of aromatic nitrogens is 2. The molecule has 3 N–H and O–H groups in total. The fourth-order valence-electron chi connectivity index (χ4n) is 2.31. The molecular weight excluding hydrogens is 272 g/mol. The first kappa shape index (κ1) is 15.0. The summed E-state index contributed by atoms with van der Waals surface area (Å²) in [7, 11) is 0. The summed E-state index contributed by atoms with van der Waals surface area (Å²) in [6.07, 6.45) is 2.69. The van der Waals surface area contributed by atoms with Crippen LogP contribution in [0.3, 0.4) is 0 Å². The molecule has 0 amide bonds. The quantitative estimate of drug-likeness (QED) is 0.657. The van der Waals surface area contributed by atoms with Crippen LogP contribution in [0.4, 0.5) is 0 Å². The van der Waals surface area contributed by atoms with Crippen LogP contribution in [0.5, 0.6) is 0 Å². The summed E-state index contributed by atoms with van der Waals surface area (Å²) in [6, 6.07) is 8.45. The fourth-order valence-corrected chi connectivity index (χ4v) is 2.55. The van der Waals surface area contributed by atoms with Crippen LogP contribution >= 0.6 is 11.6 Å². The molecular formula is C15H21ClN4. The molecule has 0 radical (unpaired) electrons. The van der Waals surface area contributed by atoms with Crippen molar-refractivity contribution in [3.63, 3.8) is 0 Å². The average Bonchev–Trinajstić information content (AvgIpc) is 2.83. The number of nitrogens with zero attached hydrogens (tertiary/aromatic N) is 2. The third-order valence-corrected chi connectivity index (χ3v) is 3.73. The number of nitrogens with one attached hydrogen (secondary N) is 1. The minimum Gasteiger partial charge on any atom is -0.271 e. The van der Waals surface area contributed by atoms with Gasteiger partial charge in [-0.2, -0.15) is 5.10 Å². The highest BCUT2D eigenvalue weighted by Crippen LogP contribution is 2.29. The number of aryl methyl sites for hydroxylation is 1. The summed E-state index contributed by atoms with van der Waals surface area (Å²) < 4.78 is 1.90. The largest absolute Gasteiger partial charge is 0.271 e. The monoisotopic (exact) mass is 292 g/mol. The Bertz CT molecular complexity index is 560. The third kappa shape index (κ3) is 2.87. The van der Waals surface area contributed by atoms with E-state index in [9.17, 15) is 0 Å². The molecule has 2 rings (SSSR count). The molecule has 4 nitrogen and oxygen atoms in total. The van der Waals surface area contributed by atoms with Crippen LogP contribution in [0.1, 0.15) is 49.7 Å². The Morgan fingerprint density at radius 2 is 1.95 bits per heavy atom. The number of halogens is 1. The van der Waals surface area contributed by atoms with Crippen LogP contribution < -0.4 is 11.3 Å². The summed E-state index contributed by atoms with van der Waals surface area (Å²) >= 11 is 6.29. The van der Waals surface area contributed by atoms with Gasteiger partial charge in [0.05, 0.1) is 23.0 Å². The average molecular weight is 293 g/mol. The van der Waals surface area contributed by atoms with Gasteiger partial charge in [0.25, 0.3) is 0 Å². The predicted molar refractivity (Wildman–Crippen MR) is 82.6 cm³/mol. The van der Waals surface area contributed by atoms with Crippen molar-refractivity contribution >= 4 is 11.6 Å². The molecule has 5 heteroatoms. The van der Waals surface area contributed by atoms with Gasteiger partial charge in [-0.05, 0) is 31.4 Å². The maximum absolute atomic E-state index is 6.29. The molecule has 1 aromatic heterocycles. The summed E-state index contributed by atoms with van der Waals surface area (Å²) in [4.78, 5) is 0. The van der Waals surface area contributed by atoms with Gasteiger partial charge in [0.1, 0.15) is 0 Å². The van der Waals surface area contributed by atoms with Gasteiger partial charge in [-0.15, -0.1) is 0 Å². The lowest BCUT2D eigenvalue weighted by Crippen LogP contribution is -2.31. The van der Waals surface area contributed by atoms with E-state index in [1.54, 1.807) is 6.20 Å². The van der Waals surface area contributed by atoms with E-state index < -0.39 is 0 Å². The molecule has 108 valence electrons. The second kappa shape index (κ2) is 6.39. The van der Waals surface area contributed by atoms with Crippen molar-refractivity contribution in [1.82, 2.24) is 15.2 Å². The third-order valence-electron chi connectivity index (χ3n) is 3.44. The van der Waals surface area contributed by atoms with Gasteiger partial charge in [0.15, 0.2) is 0 Å². The van der Waals surface area contributed by atoms with Gasteiger partial charge in [-0.25, -0.2) is 5.43 Å². The second-order valence-corrected chi connectivity index (χ2v) is 5.52. The Kier molecular flexibility index (Phi) is 4.81. The summed E-state index contributed by atoms with van der Waals surface area (Å²) in [5, 5.41) is 4.96. The van der Waals surface area contributed by atoms with E-state index in [0.29, 0.717) is 5.02 Å². The fraction of sp³-hybridized carbons (Fsp3) is 0.400. The van der Waals surface area contributed by atoms with Crippen molar-refractivity contribution in [2.24, 2.45) is 5.84 Å². The van der Waals surface area contributed by atoms with Gasteiger partial charge in [0.2, 0.25) is 0 Å². The molecule has 1 atom stereocenters. The highest BCUT2D eigenvalue weighted by atomic mass is 35.5. The first-order chi connectivity index (χ1) is 9.58. The van der Waals surface area contributed by atoms with Crippen molar-refractivity contribution in [2.75, 3.05) is 0 Å². The maximum Gasteiger partial charge on any atom is 0.0893 e. The zero-order valence-electron chi connectivity index (χ0n) is 12.1. The molecule has 0 bridgehead atoms. The molecule has 0 aliphatic heterocycles. The second-order valence-electron chi connectivity index (χ2n) is 5.11. The molecule has 0 saturated heterocycles. The van der Waals surface area contributed by atoms with Crippen molar-refractivity contribution in [2.45, 2.75) is 39.3 Å². The number of benzene rings is 1. The van der Waals surface area contributed by atoms with Gasteiger partial charge < -0.3 is 0 Å². The highest BCUT2D eigenvalue weighted by Gasteiger charge is 2.22. The standard InChI is InChI=1S/C15H21ClN4/c1-4-11-5-7-12(8-6-11)14(19-17)15-13(16)9-18-20(15)10(2)3/h5-10,14,19H,4,17H2,1-3H3. The summed E-state index contributed by atoms with van der Waals surface area (Å²) in [5.74, 6) is 5.75. The molecule has 0 aliphatic rings. The molecule has 1 heterocycles. The summed E-state index contributed by atoms with van der Waals surface area (Å²) in [6.45, 7) is 6.28. The van der Waals surface area contributed by atoms with Crippen LogP contribution in [0, 0.1) is 0 Å². The molecule has 0 saturated carbocycles. The Balaban J connectivity index is 2.43. The van der Waals surface area contributed by atoms with Gasteiger partial charge in [0, 0.05) is 6.04 Å². The van der Waals surface area contributed by atoms with Crippen LogP contribution in [0.15, 0.2) is 30.5 Å². The van der Waals surface area contributed by atoms with Gasteiger partial charge in [-0.3, -0.25) is 10.5 Å². The SMILES string of the molecule is CCc1ccc(C(NN)c2c(Cl)cnn2C(C)C)cc1. The number of hydrogen-bond acceptors (Lipinski definition) is 3. The Morgan fingerprint density at radius 1 is 1.30 bits per heavy atom. The number of nitrogens with two attached hydrogens (primary N) is 1. The first-order valence-corrected chi connectivity index (χ1v) is 7.24. The van der Waals surface area contributed by atoms with E-state index in [4.69, 9.17) is 17.4 Å². The Hall–Kier alpha value is -1.36. The van der Waals surface area contributed by atoms with E-state index in [1.165, 1.54) is 5.56 Å². The lowest BCUT2D eigenvalue weighted by molar-refractivity contribution is 0.476.